The van der Waals surface area contributed by atoms with Crippen LogP contribution in [0, 0.1) is 0 Å². The first-order valence-corrected chi connectivity index (χ1v) is 10.9. The number of benzene rings is 1. The fraction of sp³-hybridized carbons (Fsp3) is 0.652. The fourth-order valence-electron chi connectivity index (χ4n) is 3.53. The highest BCUT2D eigenvalue weighted by atomic mass is 127. The molecule has 0 radical (unpaired) electrons. The lowest BCUT2D eigenvalue weighted by Gasteiger charge is -2.25. The first-order valence-electron chi connectivity index (χ1n) is 10.9. The third-order valence-corrected chi connectivity index (χ3v) is 4.86. The lowest BCUT2D eigenvalue weighted by atomic mass is 10.1. The standard InChI is InChI=1S/C23H38N4O3.HI/c1-7-24-22(27(5)16-20(28)26-23(2,3)4)25-15-17-11-10-14-19(29-6)21(17)30-18-12-8-9-13-18;/h10-11,14,18H,7-9,12-13,15-16H2,1-6H3,(H,24,25)(H,26,28);1H. The van der Waals surface area contributed by atoms with E-state index in [-0.39, 0.29) is 48.1 Å². The highest BCUT2D eigenvalue weighted by molar-refractivity contribution is 14.0. The Bertz CT molecular complexity index is 728. The summed E-state index contributed by atoms with van der Waals surface area (Å²) in [6.07, 6.45) is 4.81. The second-order valence-corrected chi connectivity index (χ2v) is 8.80. The van der Waals surface area contributed by atoms with Gasteiger partial charge in [-0.25, -0.2) is 4.99 Å². The van der Waals surface area contributed by atoms with Gasteiger partial charge in [0, 0.05) is 24.7 Å². The smallest absolute Gasteiger partial charge is 0.240 e. The van der Waals surface area contributed by atoms with Gasteiger partial charge in [-0.2, -0.15) is 0 Å². The molecule has 0 aromatic heterocycles. The summed E-state index contributed by atoms with van der Waals surface area (Å²) >= 11 is 0. The van der Waals surface area contributed by atoms with Crippen LogP contribution in [-0.4, -0.2) is 55.7 Å². The number of halogens is 1. The molecule has 1 aromatic carbocycles. The minimum atomic E-state index is -0.263. The minimum absolute atomic E-state index is 0. The van der Waals surface area contributed by atoms with Crippen molar-refractivity contribution in [2.45, 2.75) is 71.6 Å². The molecular weight excluding hydrogens is 507 g/mol. The Kier molecular flexibility index (Phi) is 11.4. The molecule has 2 rings (SSSR count). The van der Waals surface area contributed by atoms with Crippen molar-refractivity contribution in [1.29, 1.82) is 0 Å². The number of likely N-dealkylation sites (N-methyl/N-ethyl adjacent to an activating group) is 1. The molecule has 0 saturated heterocycles. The highest BCUT2D eigenvalue weighted by Crippen LogP contribution is 2.35. The summed E-state index contributed by atoms with van der Waals surface area (Å²) < 4.78 is 11.9. The summed E-state index contributed by atoms with van der Waals surface area (Å²) in [6, 6.07) is 5.90. The SMILES string of the molecule is CCNC(=NCc1cccc(OC)c1OC1CCCC1)N(C)CC(=O)NC(C)(C)C.I. The van der Waals surface area contributed by atoms with Gasteiger partial charge in [0.05, 0.1) is 26.3 Å². The summed E-state index contributed by atoms with van der Waals surface area (Å²) in [4.78, 5) is 18.9. The Labute approximate surface area is 204 Å². The molecular formula is C23H39IN4O3. The molecule has 1 fully saturated rings. The van der Waals surface area contributed by atoms with Crippen molar-refractivity contribution >= 4 is 35.8 Å². The Hall–Kier alpha value is -1.71. The number of guanidine groups is 1. The maximum atomic E-state index is 12.3. The second-order valence-electron chi connectivity index (χ2n) is 8.80. The Morgan fingerprint density at radius 3 is 2.52 bits per heavy atom. The van der Waals surface area contributed by atoms with E-state index in [4.69, 9.17) is 14.5 Å². The molecule has 8 heteroatoms. The van der Waals surface area contributed by atoms with E-state index in [0.717, 1.165) is 29.9 Å². The van der Waals surface area contributed by atoms with Gasteiger partial charge in [0.1, 0.15) is 0 Å². The summed E-state index contributed by atoms with van der Waals surface area (Å²) in [5, 5.41) is 6.25. The molecule has 1 aromatic rings. The average Bonchev–Trinajstić information content (AvgIpc) is 3.17. The number of ether oxygens (including phenoxy) is 2. The van der Waals surface area contributed by atoms with Crippen LogP contribution in [0.3, 0.4) is 0 Å². The van der Waals surface area contributed by atoms with Crippen molar-refractivity contribution in [1.82, 2.24) is 15.5 Å². The van der Waals surface area contributed by atoms with E-state index < -0.39 is 0 Å². The van der Waals surface area contributed by atoms with Crippen LogP contribution in [0.4, 0.5) is 0 Å². The van der Waals surface area contributed by atoms with Gasteiger partial charge in [-0.3, -0.25) is 4.79 Å². The molecule has 7 nitrogen and oxygen atoms in total. The van der Waals surface area contributed by atoms with E-state index in [2.05, 4.69) is 10.6 Å². The van der Waals surface area contributed by atoms with Crippen LogP contribution in [-0.2, 0) is 11.3 Å². The molecule has 0 heterocycles. The number of carbonyl (C=O) groups excluding carboxylic acids is 1. The number of para-hydroxylation sites is 1. The van der Waals surface area contributed by atoms with Gasteiger partial charge in [-0.1, -0.05) is 12.1 Å². The molecule has 0 aliphatic heterocycles. The summed E-state index contributed by atoms with van der Waals surface area (Å²) in [6.45, 7) is 9.31. The summed E-state index contributed by atoms with van der Waals surface area (Å²) in [5.41, 5.74) is 0.713. The fourth-order valence-corrected chi connectivity index (χ4v) is 3.53. The van der Waals surface area contributed by atoms with E-state index in [1.54, 1.807) is 7.11 Å². The van der Waals surface area contributed by atoms with Gasteiger partial charge in [0.2, 0.25) is 5.91 Å². The largest absolute Gasteiger partial charge is 0.493 e. The number of hydrogen-bond acceptors (Lipinski definition) is 4. The number of hydrogen-bond donors (Lipinski definition) is 2. The third kappa shape index (κ3) is 9.13. The van der Waals surface area contributed by atoms with Gasteiger partial charge in [-0.15, -0.1) is 24.0 Å². The first kappa shape index (κ1) is 27.3. The number of rotatable bonds is 8. The highest BCUT2D eigenvalue weighted by Gasteiger charge is 2.21. The molecule has 1 saturated carbocycles. The molecule has 0 atom stereocenters. The van der Waals surface area contributed by atoms with Gasteiger partial charge < -0.3 is 25.0 Å². The van der Waals surface area contributed by atoms with Gasteiger partial charge in [-0.05, 0) is 59.4 Å². The predicted octanol–water partition coefficient (Wildman–Crippen LogP) is 3.95. The molecule has 0 bridgehead atoms. The predicted molar refractivity (Wildman–Crippen MR) is 137 cm³/mol. The first-order chi connectivity index (χ1) is 14.2. The van der Waals surface area contributed by atoms with Gasteiger partial charge >= 0.3 is 0 Å². The Morgan fingerprint density at radius 2 is 1.94 bits per heavy atom. The van der Waals surface area contributed by atoms with Gasteiger partial charge in [0.15, 0.2) is 17.5 Å². The lowest BCUT2D eigenvalue weighted by molar-refractivity contribution is -0.122. The summed E-state index contributed by atoms with van der Waals surface area (Å²) in [5.74, 6) is 2.15. The number of nitrogens with one attached hydrogen (secondary N) is 2. The molecule has 1 amide bonds. The Morgan fingerprint density at radius 1 is 1.26 bits per heavy atom. The van der Waals surface area contributed by atoms with Crippen LogP contribution in [0.1, 0.15) is 58.9 Å². The number of methoxy groups -OCH3 is 1. The molecule has 2 N–H and O–H groups in total. The van der Waals surface area contributed by atoms with E-state index in [1.807, 2.05) is 57.8 Å². The topological polar surface area (TPSA) is 75.2 Å². The van der Waals surface area contributed by atoms with E-state index in [1.165, 1.54) is 12.8 Å². The zero-order chi connectivity index (χ0) is 22.1. The third-order valence-electron chi connectivity index (χ3n) is 4.86. The maximum absolute atomic E-state index is 12.3. The van der Waals surface area contributed by atoms with Crippen molar-refractivity contribution in [2.75, 3.05) is 27.2 Å². The van der Waals surface area contributed by atoms with E-state index >= 15 is 0 Å². The van der Waals surface area contributed by atoms with Crippen molar-refractivity contribution in [3.05, 3.63) is 23.8 Å². The van der Waals surface area contributed by atoms with Crippen LogP contribution >= 0.6 is 24.0 Å². The van der Waals surface area contributed by atoms with E-state index in [9.17, 15) is 4.79 Å². The van der Waals surface area contributed by atoms with Crippen LogP contribution in [0.25, 0.3) is 0 Å². The van der Waals surface area contributed by atoms with Crippen molar-refractivity contribution in [3.8, 4) is 11.5 Å². The number of carbonyl (C=O) groups is 1. The second kappa shape index (κ2) is 13.0. The zero-order valence-corrected chi connectivity index (χ0v) is 22.1. The zero-order valence-electron chi connectivity index (χ0n) is 19.8. The van der Waals surface area contributed by atoms with Crippen LogP contribution in [0.15, 0.2) is 23.2 Å². The molecule has 31 heavy (non-hydrogen) atoms. The van der Waals surface area contributed by atoms with Crippen LogP contribution < -0.4 is 20.1 Å². The lowest BCUT2D eigenvalue weighted by Crippen LogP contribution is -2.48. The van der Waals surface area contributed by atoms with Crippen LogP contribution in [0.5, 0.6) is 11.5 Å². The number of nitrogens with zero attached hydrogens (tertiary/aromatic N) is 2. The number of amides is 1. The van der Waals surface area contributed by atoms with E-state index in [0.29, 0.717) is 19.0 Å². The minimum Gasteiger partial charge on any atom is -0.493 e. The quantitative estimate of drug-likeness (QED) is 0.294. The average molecular weight is 546 g/mol. The Balaban J connectivity index is 0.00000480. The molecule has 1 aliphatic rings. The monoisotopic (exact) mass is 546 g/mol. The summed E-state index contributed by atoms with van der Waals surface area (Å²) in [7, 11) is 3.53. The molecule has 1 aliphatic carbocycles. The van der Waals surface area contributed by atoms with Crippen molar-refractivity contribution < 1.29 is 14.3 Å². The van der Waals surface area contributed by atoms with Crippen LogP contribution in [0.2, 0.25) is 0 Å². The molecule has 176 valence electrons. The molecule has 0 spiro atoms. The van der Waals surface area contributed by atoms with Crippen molar-refractivity contribution in [2.24, 2.45) is 4.99 Å². The van der Waals surface area contributed by atoms with Gasteiger partial charge in [0.25, 0.3) is 0 Å². The van der Waals surface area contributed by atoms with Crippen molar-refractivity contribution in [3.63, 3.8) is 0 Å². The molecule has 0 unspecified atom stereocenters. The normalized spacial score (nSPS) is 14.6. The number of aliphatic imine (C=N–C) groups is 1. The maximum Gasteiger partial charge on any atom is 0.240 e.